The van der Waals surface area contributed by atoms with Crippen molar-refractivity contribution in [2.24, 2.45) is 0 Å². The maximum Gasteiger partial charge on any atom is 0.145 e. The number of nitrogens with zero attached hydrogens (tertiary/aromatic N) is 2. The second-order valence-electron chi connectivity index (χ2n) is 4.40. The number of benzene rings is 1. The molecule has 0 bridgehead atoms. The van der Waals surface area contributed by atoms with E-state index in [1.54, 1.807) is 0 Å². The highest BCUT2D eigenvalue weighted by atomic mass is 79.9. The average molecular weight is 305 g/mol. The molecule has 0 saturated carbocycles. The minimum absolute atomic E-state index is 0.460. The van der Waals surface area contributed by atoms with E-state index in [-0.39, 0.29) is 0 Å². The summed E-state index contributed by atoms with van der Waals surface area (Å²) < 4.78 is 0.734. The van der Waals surface area contributed by atoms with E-state index < -0.39 is 0 Å². The third-order valence-corrected chi connectivity index (χ3v) is 4.08. The van der Waals surface area contributed by atoms with Crippen LogP contribution in [-0.2, 0) is 6.42 Å². The molecule has 0 amide bonds. The van der Waals surface area contributed by atoms with Crippen LogP contribution in [0.4, 0.5) is 11.6 Å². The van der Waals surface area contributed by atoms with E-state index in [4.69, 9.17) is 5.73 Å². The SMILES string of the molecule is Nc1ncnc(NCC2Cc3ccccc32)c1Br. The van der Waals surface area contributed by atoms with Gasteiger partial charge in [0.25, 0.3) is 0 Å². The van der Waals surface area contributed by atoms with E-state index >= 15 is 0 Å². The Labute approximate surface area is 114 Å². The van der Waals surface area contributed by atoms with Gasteiger partial charge in [0, 0.05) is 12.5 Å². The van der Waals surface area contributed by atoms with Gasteiger partial charge in [0.05, 0.1) is 0 Å². The number of nitrogens with two attached hydrogens (primary N) is 1. The first kappa shape index (κ1) is 11.5. The Hall–Kier alpha value is -1.62. The normalized spacial score (nSPS) is 16.8. The molecule has 1 aliphatic rings. The average Bonchev–Trinajstić information content (AvgIpc) is 2.35. The predicted molar refractivity (Wildman–Crippen MR) is 75.5 cm³/mol. The van der Waals surface area contributed by atoms with E-state index in [1.165, 1.54) is 17.5 Å². The van der Waals surface area contributed by atoms with Gasteiger partial charge in [-0.2, -0.15) is 0 Å². The zero-order valence-corrected chi connectivity index (χ0v) is 11.3. The summed E-state index contributed by atoms with van der Waals surface area (Å²) in [7, 11) is 0. The highest BCUT2D eigenvalue weighted by Gasteiger charge is 2.25. The summed E-state index contributed by atoms with van der Waals surface area (Å²) in [6.45, 7) is 0.867. The Balaban J connectivity index is 1.69. The molecule has 92 valence electrons. The first-order valence-electron chi connectivity index (χ1n) is 5.83. The van der Waals surface area contributed by atoms with Crippen LogP contribution in [0.15, 0.2) is 35.1 Å². The molecule has 3 N–H and O–H groups in total. The lowest BCUT2D eigenvalue weighted by Gasteiger charge is -2.30. The van der Waals surface area contributed by atoms with Crippen LogP contribution in [0.5, 0.6) is 0 Å². The van der Waals surface area contributed by atoms with Gasteiger partial charge in [0.1, 0.15) is 22.4 Å². The number of nitrogens with one attached hydrogen (secondary N) is 1. The summed E-state index contributed by atoms with van der Waals surface area (Å²) in [6.07, 6.45) is 2.60. The fourth-order valence-corrected chi connectivity index (χ4v) is 2.62. The quantitative estimate of drug-likeness (QED) is 0.915. The molecule has 1 aromatic carbocycles. The molecular weight excluding hydrogens is 292 g/mol. The molecule has 1 aromatic heterocycles. The number of anilines is 2. The molecule has 0 fully saturated rings. The summed E-state index contributed by atoms with van der Waals surface area (Å²) in [5.74, 6) is 1.78. The topological polar surface area (TPSA) is 63.8 Å². The molecule has 1 unspecified atom stereocenters. The molecule has 5 heteroatoms. The van der Waals surface area contributed by atoms with Gasteiger partial charge < -0.3 is 11.1 Å². The van der Waals surface area contributed by atoms with E-state index in [2.05, 4.69) is 55.5 Å². The molecule has 1 heterocycles. The van der Waals surface area contributed by atoms with Gasteiger partial charge >= 0.3 is 0 Å². The van der Waals surface area contributed by atoms with Gasteiger partial charge in [-0.1, -0.05) is 24.3 Å². The van der Waals surface area contributed by atoms with E-state index in [0.717, 1.165) is 23.3 Å². The maximum absolute atomic E-state index is 5.71. The third kappa shape index (κ3) is 1.95. The van der Waals surface area contributed by atoms with Crippen LogP contribution in [0, 0.1) is 0 Å². The monoisotopic (exact) mass is 304 g/mol. The smallest absolute Gasteiger partial charge is 0.145 e. The fraction of sp³-hybridized carbons (Fsp3) is 0.231. The van der Waals surface area contributed by atoms with E-state index in [9.17, 15) is 0 Å². The maximum atomic E-state index is 5.71. The molecule has 0 aliphatic heterocycles. The van der Waals surface area contributed by atoms with Crippen molar-refractivity contribution >= 4 is 27.6 Å². The Bertz CT molecular complexity index is 585. The Kier molecular flexibility index (Phi) is 2.91. The van der Waals surface area contributed by atoms with Crippen LogP contribution >= 0.6 is 15.9 Å². The van der Waals surface area contributed by atoms with E-state index in [1.807, 2.05) is 0 Å². The van der Waals surface area contributed by atoms with E-state index in [0.29, 0.717) is 11.7 Å². The highest BCUT2D eigenvalue weighted by Crippen LogP contribution is 2.35. The van der Waals surface area contributed by atoms with Crippen LogP contribution < -0.4 is 11.1 Å². The van der Waals surface area contributed by atoms with Gasteiger partial charge in [-0.25, -0.2) is 9.97 Å². The Morgan fingerprint density at radius 1 is 1.33 bits per heavy atom. The number of hydrogen-bond acceptors (Lipinski definition) is 4. The summed E-state index contributed by atoms with van der Waals surface area (Å²) in [5.41, 5.74) is 8.60. The Morgan fingerprint density at radius 3 is 3.00 bits per heavy atom. The lowest BCUT2D eigenvalue weighted by Crippen LogP contribution is -2.24. The fourth-order valence-electron chi connectivity index (χ4n) is 2.27. The summed E-state index contributed by atoms with van der Waals surface area (Å²) in [4.78, 5) is 8.09. The van der Waals surface area contributed by atoms with Gasteiger partial charge in [0.2, 0.25) is 0 Å². The van der Waals surface area contributed by atoms with Crippen LogP contribution in [0.3, 0.4) is 0 Å². The lowest BCUT2D eigenvalue weighted by molar-refractivity contribution is 0.634. The number of hydrogen-bond donors (Lipinski definition) is 2. The van der Waals surface area contributed by atoms with Crippen LogP contribution in [-0.4, -0.2) is 16.5 Å². The zero-order chi connectivity index (χ0) is 12.5. The van der Waals surface area contributed by atoms with Crippen molar-refractivity contribution in [1.82, 2.24) is 9.97 Å². The Morgan fingerprint density at radius 2 is 2.17 bits per heavy atom. The number of rotatable bonds is 3. The molecule has 0 spiro atoms. The second kappa shape index (κ2) is 4.57. The largest absolute Gasteiger partial charge is 0.383 e. The molecule has 18 heavy (non-hydrogen) atoms. The van der Waals surface area contributed by atoms with Crippen molar-refractivity contribution < 1.29 is 0 Å². The molecule has 1 atom stereocenters. The first-order chi connectivity index (χ1) is 8.75. The van der Waals surface area contributed by atoms with Crippen LogP contribution in [0.25, 0.3) is 0 Å². The summed E-state index contributed by atoms with van der Waals surface area (Å²) >= 11 is 3.39. The van der Waals surface area contributed by atoms with Crippen molar-refractivity contribution in [1.29, 1.82) is 0 Å². The molecule has 0 radical (unpaired) electrons. The molecule has 1 aliphatic carbocycles. The minimum atomic E-state index is 0.460. The van der Waals surface area contributed by atoms with Crippen molar-refractivity contribution in [3.8, 4) is 0 Å². The molecule has 3 rings (SSSR count). The summed E-state index contributed by atoms with van der Waals surface area (Å²) in [5, 5.41) is 3.32. The second-order valence-corrected chi connectivity index (χ2v) is 5.20. The number of halogens is 1. The molecule has 2 aromatic rings. The first-order valence-corrected chi connectivity index (χ1v) is 6.62. The number of aromatic nitrogens is 2. The summed E-state index contributed by atoms with van der Waals surface area (Å²) in [6, 6.07) is 8.55. The molecule has 0 saturated heterocycles. The van der Waals surface area contributed by atoms with Gasteiger partial charge in [-0.15, -0.1) is 0 Å². The standard InChI is InChI=1S/C13H13BrN4/c14-11-12(15)17-7-18-13(11)16-6-9-5-8-3-1-2-4-10(8)9/h1-4,7,9H,5-6H2,(H3,15,16,17,18). The number of fused-ring (bicyclic) bond motifs is 1. The lowest BCUT2D eigenvalue weighted by atomic mass is 9.78. The number of nitrogen functional groups attached to an aromatic ring is 1. The van der Waals surface area contributed by atoms with Crippen LogP contribution in [0.1, 0.15) is 17.0 Å². The van der Waals surface area contributed by atoms with Gasteiger partial charge in [0.15, 0.2) is 0 Å². The minimum Gasteiger partial charge on any atom is -0.383 e. The predicted octanol–water partition coefficient (Wildman–Crippen LogP) is 2.57. The zero-order valence-electron chi connectivity index (χ0n) is 9.73. The van der Waals surface area contributed by atoms with Crippen molar-refractivity contribution in [2.75, 3.05) is 17.6 Å². The van der Waals surface area contributed by atoms with Crippen LogP contribution in [0.2, 0.25) is 0 Å². The molecular formula is C13H13BrN4. The van der Waals surface area contributed by atoms with Crippen molar-refractivity contribution in [3.05, 3.63) is 46.2 Å². The van der Waals surface area contributed by atoms with Crippen molar-refractivity contribution in [3.63, 3.8) is 0 Å². The van der Waals surface area contributed by atoms with Crippen molar-refractivity contribution in [2.45, 2.75) is 12.3 Å². The highest BCUT2D eigenvalue weighted by molar-refractivity contribution is 9.10. The molecule has 4 nitrogen and oxygen atoms in total. The van der Waals surface area contributed by atoms with Gasteiger partial charge in [-0.05, 0) is 33.5 Å². The third-order valence-electron chi connectivity index (χ3n) is 3.29. The van der Waals surface area contributed by atoms with Gasteiger partial charge in [-0.3, -0.25) is 0 Å².